The van der Waals surface area contributed by atoms with E-state index >= 15 is 0 Å². The number of rotatable bonds is 5. The number of benzene rings is 1. The Morgan fingerprint density at radius 2 is 1.89 bits per heavy atom. The number of carbonyl (C=O) groups excluding carboxylic acids is 2. The van der Waals surface area contributed by atoms with Crippen molar-refractivity contribution in [2.45, 2.75) is 25.8 Å². The number of aromatic nitrogens is 1. The van der Waals surface area contributed by atoms with E-state index < -0.39 is 0 Å². The second-order valence-electron chi connectivity index (χ2n) is 6.79. The first-order valence-electron chi connectivity index (χ1n) is 9.28. The summed E-state index contributed by atoms with van der Waals surface area (Å²) in [5.41, 5.74) is 1.19. The second kappa shape index (κ2) is 7.98. The molecule has 3 aromatic rings. The van der Waals surface area contributed by atoms with Crippen LogP contribution in [0.15, 0.2) is 53.1 Å². The molecule has 3 heterocycles. The smallest absolute Gasteiger partial charge is 0.219 e. The third-order valence-electron chi connectivity index (χ3n) is 4.89. The van der Waals surface area contributed by atoms with Crippen LogP contribution < -0.4 is 5.32 Å². The number of ketones is 1. The standard InChI is InChI=1S/C21H21N3O3S/c1-14(25)24-11-9-16(10-12-24)22-21-23-18(17-8-5-13-27-17)20(28-21)19(26)15-6-3-2-4-7-15/h2-8,13,16H,9-12H2,1H3,(H,22,23). The average molecular weight is 395 g/mol. The van der Waals surface area contributed by atoms with Crippen LogP contribution >= 0.6 is 11.3 Å². The van der Waals surface area contributed by atoms with Crippen molar-refractivity contribution in [2.75, 3.05) is 18.4 Å². The molecule has 1 aliphatic heterocycles. The van der Waals surface area contributed by atoms with Gasteiger partial charge in [0.05, 0.1) is 6.26 Å². The fourth-order valence-electron chi connectivity index (χ4n) is 3.35. The van der Waals surface area contributed by atoms with Crippen molar-refractivity contribution in [3.63, 3.8) is 0 Å². The zero-order chi connectivity index (χ0) is 19.5. The van der Waals surface area contributed by atoms with Gasteiger partial charge >= 0.3 is 0 Å². The topological polar surface area (TPSA) is 75.4 Å². The van der Waals surface area contributed by atoms with Crippen LogP contribution in [0, 0.1) is 0 Å². The van der Waals surface area contributed by atoms with E-state index in [1.807, 2.05) is 29.2 Å². The lowest BCUT2D eigenvalue weighted by Gasteiger charge is -2.31. The minimum Gasteiger partial charge on any atom is -0.463 e. The molecule has 0 unspecified atom stereocenters. The maximum absolute atomic E-state index is 13.0. The number of thiazole rings is 1. The van der Waals surface area contributed by atoms with Crippen LogP contribution in [0.25, 0.3) is 11.5 Å². The number of piperidine rings is 1. The molecule has 1 saturated heterocycles. The number of nitrogens with one attached hydrogen (secondary N) is 1. The molecule has 1 N–H and O–H groups in total. The monoisotopic (exact) mass is 395 g/mol. The number of hydrogen-bond acceptors (Lipinski definition) is 6. The zero-order valence-corrected chi connectivity index (χ0v) is 16.4. The van der Waals surface area contributed by atoms with Gasteiger partial charge in [-0.05, 0) is 25.0 Å². The first-order valence-corrected chi connectivity index (χ1v) is 10.1. The Bertz CT molecular complexity index is 958. The van der Waals surface area contributed by atoms with Crippen LogP contribution in [0.3, 0.4) is 0 Å². The fraction of sp³-hybridized carbons (Fsp3) is 0.286. The van der Waals surface area contributed by atoms with Gasteiger partial charge in [-0.1, -0.05) is 41.7 Å². The minimum atomic E-state index is -0.0658. The number of anilines is 1. The zero-order valence-electron chi connectivity index (χ0n) is 15.6. The van der Waals surface area contributed by atoms with Crippen LogP contribution in [-0.4, -0.2) is 40.7 Å². The molecule has 28 heavy (non-hydrogen) atoms. The molecule has 0 radical (unpaired) electrons. The molecule has 1 amide bonds. The molecule has 0 bridgehead atoms. The van der Waals surface area contributed by atoms with Crippen molar-refractivity contribution in [1.82, 2.24) is 9.88 Å². The largest absolute Gasteiger partial charge is 0.463 e. The Labute approximate surface area is 167 Å². The summed E-state index contributed by atoms with van der Waals surface area (Å²) in [4.78, 5) is 31.6. The molecular formula is C21H21N3O3S. The number of amides is 1. The summed E-state index contributed by atoms with van der Waals surface area (Å²) in [5, 5.41) is 4.15. The van der Waals surface area contributed by atoms with Crippen LogP contribution in [0.1, 0.15) is 35.0 Å². The van der Waals surface area contributed by atoms with Gasteiger partial charge in [-0.25, -0.2) is 4.98 Å². The lowest BCUT2D eigenvalue weighted by atomic mass is 10.1. The summed E-state index contributed by atoms with van der Waals surface area (Å²) < 4.78 is 5.51. The molecule has 4 rings (SSSR count). The van der Waals surface area contributed by atoms with Crippen molar-refractivity contribution in [3.8, 4) is 11.5 Å². The van der Waals surface area contributed by atoms with Gasteiger partial charge in [0.2, 0.25) is 11.7 Å². The Kier molecular flexibility index (Phi) is 5.25. The highest BCUT2D eigenvalue weighted by atomic mass is 32.1. The van der Waals surface area contributed by atoms with Crippen molar-refractivity contribution >= 4 is 28.2 Å². The quantitative estimate of drug-likeness (QED) is 0.660. The molecule has 2 aromatic heterocycles. The second-order valence-corrected chi connectivity index (χ2v) is 7.79. The van der Waals surface area contributed by atoms with Gasteiger partial charge in [0.25, 0.3) is 0 Å². The van der Waals surface area contributed by atoms with Gasteiger partial charge < -0.3 is 14.6 Å². The summed E-state index contributed by atoms with van der Waals surface area (Å²) in [7, 11) is 0. The van der Waals surface area contributed by atoms with E-state index in [2.05, 4.69) is 10.3 Å². The number of hydrogen-bond donors (Lipinski definition) is 1. The summed E-state index contributed by atoms with van der Waals surface area (Å²) >= 11 is 1.35. The van der Waals surface area contributed by atoms with Gasteiger partial charge in [-0.3, -0.25) is 9.59 Å². The molecule has 0 aliphatic carbocycles. The Hall–Kier alpha value is -2.93. The first kappa shape index (κ1) is 18.4. The van der Waals surface area contributed by atoms with Crippen LogP contribution in [0.4, 0.5) is 5.13 Å². The lowest BCUT2D eigenvalue weighted by Crippen LogP contribution is -2.41. The molecule has 0 atom stereocenters. The van der Waals surface area contributed by atoms with E-state index in [1.165, 1.54) is 11.3 Å². The normalized spacial score (nSPS) is 14.8. The molecule has 6 nitrogen and oxygen atoms in total. The van der Waals surface area contributed by atoms with E-state index in [-0.39, 0.29) is 17.7 Å². The molecule has 1 aromatic carbocycles. The highest BCUT2D eigenvalue weighted by Crippen LogP contribution is 2.34. The number of furan rings is 1. The van der Waals surface area contributed by atoms with Crippen LogP contribution in [-0.2, 0) is 4.79 Å². The van der Waals surface area contributed by atoms with Crippen molar-refractivity contribution in [2.24, 2.45) is 0 Å². The van der Waals surface area contributed by atoms with Crippen LogP contribution in [0.5, 0.6) is 0 Å². The maximum Gasteiger partial charge on any atom is 0.219 e. The first-order chi connectivity index (χ1) is 13.6. The van der Waals surface area contributed by atoms with E-state index in [0.29, 0.717) is 27.0 Å². The van der Waals surface area contributed by atoms with E-state index in [0.717, 1.165) is 25.9 Å². The maximum atomic E-state index is 13.0. The minimum absolute atomic E-state index is 0.0658. The summed E-state index contributed by atoms with van der Waals surface area (Å²) in [6, 6.07) is 13.0. The predicted molar refractivity (Wildman–Crippen MR) is 109 cm³/mol. The number of carbonyl (C=O) groups is 2. The Morgan fingerprint density at radius 1 is 1.14 bits per heavy atom. The van der Waals surface area contributed by atoms with Gasteiger partial charge in [-0.15, -0.1) is 0 Å². The number of likely N-dealkylation sites (tertiary alicyclic amines) is 1. The summed E-state index contributed by atoms with van der Waals surface area (Å²) in [5.74, 6) is 0.627. The summed E-state index contributed by atoms with van der Waals surface area (Å²) in [6.45, 7) is 3.07. The lowest BCUT2D eigenvalue weighted by molar-refractivity contribution is -0.129. The van der Waals surface area contributed by atoms with E-state index in [1.54, 1.807) is 31.4 Å². The average Bonchev–Trinajstić information content (AvgIpc) is 3.38. The Morgan fingerprint density at radius 3 is 2.54 bits per heavy atom. The Balaban J connectivity index is 1.58. The molecule has 144 valence electrons. The molecular weight excluding hydrogens is 374 g/mol. The van der Waals surface area contributed by atoms with E-state index in [4.69, 9.17) is 4.42 Å². The fourth-order valence-corrected chi connectivity index (χ4v) is 4.36. The predicted octanol–water partition coefficient (Wildman–Crippen LogP) is 4.06. The molecule has 1 fully saturated rings. The van der Waals surface area contributed by atoms with Crippen LogP contribution in [0.2, 0.25) is 0 Å². The van der Waals surface area contributed by atoms with E-state index in [9.17, 15) is 9.59 Å². The summed E-state index contributed by atoms with van der Waals surface area (Å²) in [6.07, 6.45) is 3.30. The SMILES string of the molecule is CC(=O)N1CCC(Nc2nc(-c3ccco3)c(C(=O)c3ccccc3)s2)CC1. The molecule has 0 saturated carbocycles. The highest BCUT2D eigenvalue weighted by Gasteiger charge is 2.25. The van der Waals surface area contributed by atoms with Gasteiger partial charge in [0, 0.05) is 31.6 Å². The highest BCUT2D eigenvalue weighted by molar-refractivity contribution is 7.18. The van der Waals surface area contributed by atoms with Crippen molar-refractivity contribution in [1.29, 1.82) is 0 Å². The third kappa shape index (κ3) is 3.84. The van der Waals surface area contributed by atoms with Crippen molar-refractivity contribution in [3.05, 3.63) is 59.2 Å². The van der Waals surface area contributed by atoms with Gasteiger partial charge in [0.15, 0.2) is 10.9 Å². The molecule has 1 aliphatic rings. The third-order valence-corrected chi connectivity index (χ3v) is 5.88. The number of nitrogens with zero attached hydrogens (tertiary/aromatic N) is 2. The molecule has 7 heteroatoms. The van der Waals surface area contributed by atoms with Crippen molar-refractivity contribution < 1.29 is 14.0 Å². The van der Waals surface area contributed by atoms with Gasteiger partial charge in [0.1, 0.15) is 10.6 Å². The van der Waals surface area contributed by atoms with Gasteiger partial charge in [-0.2, -0.15) is 0 Å². The molecule has 0 spiro atoms.